The molecule has 5 aliphatic rings. The van der Waals surface area contributed by atoms with Crippen molar-refractivity contribution in [3.8, 4) is 0 Å². The van der Waals surface area contributed by atoms with Crippen LogP contribution in [0.5, 0.6) is 0 Å². The first-order chi connectivity index (χ1) is 18.0. The van der Waals surface area contributed by atoms with E-state index in [9.17, 15) is 24.0 Å². The third kappa shape index (κ3) is 3.17. The zero-order chi connectivity index (χ0) is 29.1. The van der Waals surface area contributed by atoms with Crippen molar-refractivity contribution in [2.45, 2.75) is 92.8 Å². The topological polar surface area (TPSA) is 107 Å². The Morgan fingerprint density at radius 3 is 2.28 bits per heavy atom. The number of ether oxygens (including phenoxy) is 2. The van der Waals surface area contributed by atoms with Crippen LogP contribution in [-0.2, 0) is 33.4 Å². The molecule has 1 aliphatic heterocycles. The molecule has 0 aromatic rings. The van der Waals surface area contributed by atoms with Gasteiger partial charge >= 0.3 is 5.97 Å². The second kappa shape index (κ2) is 8.31. The largest absolute Gasteiger partial charge is 0.469 e. The Kier molecular flexibility index (Phi) is 5.99. The van der Waals surface area contributed by atoms with Gasteiger partial charge in [-0.2, -0.15) is 0 Å². The number of allylic oxidation sites excluding steroid dienone is 4. The highest BCUT2D eigenvalue weighted by atomic mass is 16.6. The summed E-state index contributed by atoms with van der Waals surface area (Å²) in [4.78, 5) is 66.4. The zero-order valence-electron chi connectivity index (χ0n) is 24.7. The molecule has 7 heteroatoms. The number of hydrogen-bond donors (Lipinski definition) is 0. The first kappa shape index (κ1) is 28.1. The van der Waals surface area contributed by atoms with Gasteiger partial charge < -0.3 is 9.47 Å². The molecule has 0 bridgehead atoms. The van der Waals surface area contributed by atoms with Gasteiger partial charge in [0, 0.05) is 30.1 Å². The number of esters is 1. The van der Waals surface area contributed by atoms with Crippen molar-refractivity contribution in [1.82, 2.24) is 0 Å². The van der Waals surface area contributed by atoms with E-state index in [0.29, 0.717) is 30.4 Å². The van der Waals surface area contributed by atoms with Crippen molar-refractivity contribution in [1.29, 1.82) is 0 Å². The van der Waals surface area contributed by atoms with E-state index in [-0.39, 0.29) is 52.9 Å². The summed E-state index contributed by atoms with van der Waals surface area (Å²) in [6, 6.07) is 0. The molecular weight excluding hydrogens is 496 g/mol. The Balaban J connectivity index is 1.53. The van der Waals surface area contributed by atoms with Crippen molar-refractivity contribution in [2.75, 3.05) is 7.11 Å². The molecule has 0 radical (unpaired) electrons. The maximum Gasteiger partial charge on any atom is 0.309 e. The fraction of sp³-hybridized carbons (Fsp3) is 0.719. The fourth-order valence-corrected chi connectivity index (χ4v) is 9.39. The van der Waals surface area contributed by atoms with Gasteiger partial charge in [-0.05, 0) is 68.2 Å². The molecule has 1 spiro atoms. The molecular formula is C32H42O7. The number of carbonyl (C=O) groups is 5. The van der Waals surface area contributed by atoms with E-state index in [4.69, 9.17) is 9.47 Å². The lowest BCUT2D eigenvalue weighted by Crippen LogP contribution is -2.69. The van der Waals surface area contributed by atoms with Crippen LogP contribution in [0.15, 0.2) is 23.3 Å². The molecule has 0 aromatic carbocycles. The first-order valence-electron chi connectivity index (χ1n) is 14.3. The van der Waals surface area contributed by atoms with Crippen LogP contribution in [0, 0.1) is 45.3 Å². The van der Waals surface area contributed by atoms with Gasteiger partial charge in [0.2, 0.25) is 0 Å². The second-order valence-corrected chi connectivity index (χ2v) is 14.0. The summed E-state index contributed by atoms with van der Waals surface area (Å²) in [5, 5.41) is 0. The number of hydrogen-bond acceptors (Lipinski definition) is 7. The minimum absolute atomic E-state index is 0.0141. The van der Waals surface area contributed by atoms with Crippen molar-refractivity contribution in [2.24, 2.45) is 45.3 Å². The van der Waals surface area contributed by atoms with Gasteiger partial charge in [-0.15, -0.1) is 0 Å². The van der Waals surface area contributed by atoms with E-state index in [0.717, 1.165) is 0 Å². The van der Waals surface area contributed by atoms with Gasteiger partial charge in [0.05, 0.1) is 30.0 Å². The lowest BCUT2D eigenvalue weighted by atomic mass is 9.37. The standard InChI is InChI=1S/C32H42O7/c1-16(12-20(33)17(2)18(3)27(37)38-9)19-13-25(36)31(8)30(19,7)24(35)14-22-29(6)11-10-23(34)28(4,5)21(29)15-26-32(22,31)39-26/h12-13,17-18,21-22,26H,10-11,14-15H2,1-9H3/b16-12-/t17?,18?,21?,22?,26-,29-,30-,31+,32-/m0/s1. The molecule has 0 amide bonds. The molecule has 3 saturated carbocycles. The van der Waals surface area contributed by atoms with Gasteiger partial charge in [0.1, 0.15) is 17.2 Å². The molecule has 212 valence electrons. The van der Waals surface area contributed by atoms with E-state index in [1.807, 2.05) is 27.7 Å². The molecule has 0 N–H and O–H groups in total. The van der Waals surface area contributed by atoms with Crippen LogP contribution in [0.25, 0.3) is 0 Å². The van der Waals surface area contributed by atoms with Crippen LogP contribution < -0.4 is 0 Å². The first-order valence-corrected chi connectivity index (χ1v) is 14.3. The fourth-order valence-electron chi connectivity index (χ4n) is 9.39. The molecule has 1 heterocycles. The Bertz CT molecular complexity index is 1270. The maximum atomic E-state index is 14.3. The second-order valence-electron chi connectivity index (χ2n) is 14.0. The van der Waals surface area contributed by atoms with Crippen LogP contribution in [-0.4, -0.2) is 47.9 Å². The average Bonchev–Trinajstić information content (AvgIpc) is 3.57. The van der Waals surface area contributed by atoms with Crippen LogP contribution in [0.1, 0.15) is 81.1 Å². The molecule has 39 heavy (non-hydrogen) atoms. The van der Waals surface area contributed by atoms with E-state index in [1.54, 1.807) is 26.8 Å². The maximum absolute atomic E-state index is 14.3. The summed E-state index contributed by atoms with van der Waals surface area (Å²) in [5.41, 5.74) is -2.69. The lowest BCUT2D eigenvalue weighted by molar-refractivity contribution is -0.177. The number of methoxy groups -OCH3 is 1. The smallest absolute Gasteiger partial charge is 0.309 e. The summed E-state index contributed by atoms with van der Waals surface area (Å²) >= 11 is 0. The van der Waals surface area contributed by atoms with E-state index in [1.165, 1.54) is 13.2 Å². The summed E-state index contributed by atoms with van der Waals surface area (Å²) < 4.78 is 11.4. The molecule has 1 saturated heterocycles. The Morgan fingerprint density at radius 2 is 1.67 bits per heavy atom. The summed E-state index contributed by atoms with van der Waals surface area (Å²) in [5.74, 6) is -1.91. The van der Waals surface area contributed by atoms with Gasteiger partial charge in [0.25, 0.3) is 0 Å². The third-order valence-electron chi connectivity index (χ3n) is 12.4. The lowest BCUT2D eigenvalue weighted by Gasteiger charge is -2.63. The SMILES string of the molecule is COC(=O)C(C)C(C)C(=O)/C=C(/C)C1=CC(=O)[C@]2(C)[C@]1(C)C(=O)CC1[C@@]3(C)CCC(=O)C(C)(C)C3C[C@@H]3O[C@@]132. The van der Waals surface area contributed by atoms with E-state index < -0.39 is 39.7 Å². The zero-order valence-corrected chi connectivity index (χ0v) is 24.7. The Morgan fingerprint density at radius 1 is 1.03 bits per heavy atom. The number of ketones is 4. The van der Waals surface area contributed by atoms with Crippen LogP contribution in [0.4, 0.5) is 0 Å². The number of epoxide rings is 1. The third-order valence-corrected chi connectivity index (χ3v) is 12.4. The minimum Gasteiger partial charge on any atom is -0.469 e. The molecule has 9 atom stereocenters. The minimum atomic E-state index is -1.14. The molecule has 5 rings (SSSR count). The highest BCUT2D eigenvalue weighted by molar-refractivity contribution is 6.11. The number of Topliss-reactive ketones (excluding diaryl/α,β-unsaturated/α-hetero) is 2. The summed E-state index contributed by atoms with van der Waals surface area (Å²) in [6.07, 6.45) is 4.99. The highest BCUT2D eigenvalue weighted by Crippen LogP contribution is 2.79. The molecule has 4 aliphatic carbocycles. The summed E-state index contributed by atoms with van der Waals surface area (Å²) in [6.45, 7) is 15.1. The Hall–Kier alpha value is -2.41. The highest BCUT2D eigenvalue weighted by Gasteiger charge is 2.87. The van der Waals surface area contributed by atoms with Gasteiger partial charge in [-0.25, -0.2) is 0 Å². The predicted octanol–water partition coefficient (Wildman–Crippen LogP) is 4.61. The predicted molar refractivity (Wildman–Crippen MR) is 143 cm³/mol. The quantitative estimate of drug-likeness (QED) is 0.286. The van der Waals surface area contributed by atoms with Crippen molar-refractivity contribution in [3.63, 3.8) is 0 Å². The molecule has 7 nitrogen and oxygen atoms in total. The van der Waals surface area contributed by atoms with Gasteiger partial charge in [-0.3, -0.25) is 24.0 Å². The van der Waals surface area contributed by atoms with E-state index >= 15 is 0 Å². The molecule has 0 aromatic heterocycles. The normalized spacial score (nSPS) is 43.8. The van der Waals surface area contributed by atoms with Gasteiger partial charge in [-0.1, -0.05) is 34.6 Å². The Labute approximate surface area is 231 Å². The van der Waals surface area contributed by atoms with Gasteiger partial charge in [0.15, 0.2) is 11.6 Å². The van der Waals surface area contributed by atoms with Crippen molar-refractivity contribution < 1.29 is 33.4 Å². The summed E-state index contributed by atoms with van der Waals surface area (Å²) in [7, 11) is 1.29. The number of rotatable bonds is 5. The molecule has 4 unspecified atom stereocenters. The van der Waals surface area contributed by atoms with Crippen molar-refractivity contribution in [3.05, 3.63) is 23.3 Å². The van der Waals surface area contributed by atoms with Crippen molar-refractivity contribution >= 4 is 29.1 Å². The monoisotopic (exact) mass is 538 g/mol. The van der Waals surface area contributed by atoms with Crippen LogP contribution in [0.2, 0.25) is 0 Å². The number of fused-ring (bicyclic) bond motifs is 3. The molecule has 4 fully saturated rings. The van der Waals surface area contributed by atoms with Crippen LogP contribution >= 0.6 is 0 Å². The number of carbonyl (C=O) groups excluding carboxylic acids is 5. The van der Waals surface area contributed by atoms with E-state index in [2.05, 4.69) is 6.92 Å². The average molecular weight is 539 g/mol. The van der Waals surface area contributed by atoms with Crippen LogP contribution in [0.3, 0.4) is 0 Å².